The van der Waals surface area contributed by atoms with Crippen molar-refractivity contribution in [3.05, 3.63) is 59.3 Å². The number of rotatable bonds is 5. The molecule has 1 saturated heterocycles. The number of aromatic nitrogens is 2. The van der Waals surface area contributed by atoms with Crippen LogP contribution >= 0.6 is 11.3 Å². The number of carbonyl (C=O) groups excluding carboxylic acids is 2. The summed E-state index contributed by atoms with van der Waals surface area (Å²) in [5.41, 5.74) is -0.303. The van der Waals surface area contributed by atoms with E-state index in [1.54, 1.807) is 0 Å². The number of thiophene rings is 1. The highest BCUT2D eigenvalue weighted by atomic mass is 32.1. The van der Waals surface area contributed by atoms with Crippen LogP contribution in [0.25, 0.3) is 10.7 Å². The Bertz CT molecular complexity index is 939. The molecule has 0 bridgehead atoms. The Labute approximate surface area is 153 Å². The summed E-state index contributed by atoms with van der Waals surface area (Å²) in [6.45, 7) is 1.81. The summed E-state index contributed by atoms with van der Waals surface area (Å²) in [5, 5.41) is 8.67. The molecule has 3 heterocycles. The van der Waals surface area contributed by atoms with Gasteiger partial charge in [0.25, 0.3) is 5.91 Å². The van der Waals surface area contributed by atoms with Gasteiger partial charge in [-0.3, -0.25) is 9.69 Å². The number of nitrogens with one attached hydrogen (secondary N) is 1. The molecule has 0 saturated carbocycles. The Balaban J connectivity index is 1.60. The summed E-state index contributed by atoms with van der Waals surface area (Å²) >= 11 is 1.49. The van der Waals surface area contributed by atoms with Gasteiger partial charge in [0.15, 0.2) is 0 Å². The van der Waals surface area contributed by atoms with E-state index in [-0.39, 0.29) is 18.3 Å². The number of hydrogen-bond donors (Lipinski definition) is 1. The average molecular weight is 368 g/mol. The minimum atomic E-state index is -1.06. The lowest BCUT2D eigenvalue weighted by Gasteiger charge is -2.25. The molecule has 1 fully saturated rings. The van der Waals surface area contributed by atoms with E-state index in [1.165, 1.54) is 11.3 Å². The van der Waals surface area contributed by atoms with Crippen molar-refractivity contribution in [3.8, 4) is 10.7 Å². The molecule has 1 atom stereocenters. The van der Waals surface area contributed by atoms with E-state index < -0.39 is 11.6 Å². The average Bonchev–Trinajstić information content (AvgIpc) is 3.39. The molecule has 0 spiro atoms. The van der Waals surface area contributed by atoms with Crippen LogP contribution in [0.5, 0.6) is 0 Å². The molecule has 8 heteroatoms. The maximum absolute atomic E-state index is 13.1. The van der Waals surface area contributed by atoms with Gasteiger partial charge < -0.3 is 9.84 Å². The summed E-state index contributed by atoms with van der Waals surface area (Å²) < 4.78 is 5.23. The van der Waals surface area contributed by atoms with Crippen molar-refractivity contribution in [2.24, 2.45) is 0 Å². The van der Waals surface area contributed by atoms with Crippen molar-refractivity contribution in [3.63, 3.8) is 0 Å². The first-order chi connectivity index (χ1) is 12.6. The highest BCUT2D eigenvalue weighted by Gasteiger charge is 2.51. The lowest BCUT2D eigenvalue weighted by molar-refractivity contribution is -0.132. The van der Waals surface area contributed by atoms with Crippen molar-refractivity contribution >= 4 is 23.3 Å². The van der Waals surface area contributed by atoms with Crippen LogP contribution in [0.2, 0.25) is 0 Å². The first-order valence-corrected chi connectivity index (χ1v) is 9.08. The topological polar surface area (TPSA) is 88.3 Å². The summed E-state index contributed by atoms with van der Waals surface area (Å²) in [6, 6.07) is 12.6. The predicted molar refractivity (Wildman–Crippen MR) is 95.1 cm³/mol. The normalized spacial score (nSPS) is 19.8. The number of benzene rings is 1. The van der Waals surface area contributed by atoms with E-state index in [4.69, 9.17) is 4.52 Å². The molecule has 0 aliphatic carbocycles. The third-order valence-corrected chi connectivity index (χ3v) is 5.34. The monoisotopic (exact) mass is 368 g/mol. The molecule has 26 heavy (non-hydrogen) atoms. The number of nitrogens with zero attached hydrogens (tertiary/aromatic N) is 3. The fourth-order valence-corrected chi connectivity index (χ4v) is 3.74. The van der Waals surface area contributed by atoms with E-state index in [0.717, 1.165) is 15.3 Å². The summed E-state index contributed by atoms with van der Waals surface area (Å²) in [6.07, 6.45) is 0.447. The minimum absolute atomic E-state index is 0.0579. The number of carbonyl (C=O) groups is 2. The van der Waals surface area contributed by atoms with E-state index in [1.807, 2.05) is 54.8 Å². The second-order valence-corrected chi connectivity index (χ2v) is 6.88. The van der Waals surface area contributed by atoms with Crippen molar-refractivity contribution < 1.29 is 14.1 Å². The molecule has 0 radical (unpaired) electrons. The van der Waals surface area contributed by atoms with Crippen LogP contribution in [0.1, 0.15) is 24.8 Å². The van der Waals surface area contributed by atoms with Gasteiger partial charge in [-0.1, -0.05) is 48.5 Å². The van der Waals surface area contributed by atoms with Gasteiger partial charge in [0.05, 0.1) is 4.88 Å². The number of amides is 3. The largest absolute Gasteiger partial charge is 0.337 e. The molecule has 3 amide bonds. The van der Waals surface area contributed by atoms with Crippen LogP contribution in [0.15, 0.2) is 52.4 Å². The van der Waals surface area contributed by atoms with E-state index in [0.29, 0.717) is 12.2 Å². The summed E-state index contributed by atoms with van der Waals surface area (Å²) in [7, 11) is 0. The van der Waals surface area contributed by atoms with Gasteiger partial charge in [-0.25, -0.2) is 4.79 Å². The van der Waals surface area contributed by atoms with Crippen LogP contribution in [0.4, 0.5) is 4.79 Å². The van der Waals surface area contributed by atoms with Gasteiger partial charge in [-0.15, -0.1) is 11.3 Å². The van der Waals surface area contributed by atoms with Crippen molar-refractivity contribution in [2.75, 3.05) is 0 Å². The zero-order valence-electron chi connectivity index (χ0n) is 14.0. The molecule has 4 rings (SSSR count). The molecular weight excluding hydrogens is 352 g/mol. The highest BCUT2D eigenvalue weighted by molar-refractivity contribution is 7.13. The molecule has 1 aliphatic rings. The zero-order valence-corrected chi connectivity index (χ0v) is 14.8. The molecule has 1 aliphatic heterocycles. The van der Waals surface area contributed by atoms with Gasteiger partial charge in [0.2, 0.25) is 11.7 Å². The van der Waals surface area contributed by atoms with Gasteiger partial charge in [-0.05, 0) is 23.4 Å². The zero-order chi connectivity index (χ0) is 18.1. The molecule has 3 aromatic rings. The van der Waals surface area contributed by atoms with Crippen LogP contribution < -0.4 is 5.32 Å². The summed E-state index contributed by atoms with van der Waals surface area (Å²) in [4.78, 5) is 31.8. The highest BCUT2D eigenvalue weighted by Crippen LogP contribution is 2.33. The van der Waals surface area contributed by atoms with E-state index in [9.17, 15) is 9.59 Å². The first kappa shape index (κ1) is 16.5. The molecule has 1 aromatic carbocycles. The summed E-state index contributed by atoms with van der Waals surface area (Å²) in [5.74, 6) is 0.357. The fourth-order valence-electron chi connectivity index (χ4n) is 3.09. The van der Waals surface area contributed by atoms with Crippen molar-refractivity contribution in [1.29, 1.82) is 0 Å². The smallest absolute Gasteiger partial charge is 0.325 e. The van der Waals surface area contributed by atoms with E-state index >= 15 is 0 Å². The number of urea groups is 1. The Morgan fingerprint density at radius 3 is 2.69 bits per heavy atom. The molecule has 132 valence electrons. The van der Waals surface area contributed by atoms with Gasteiger partial charge in [-0.2, -0.15) is 4.98 Å². The van der Waals surface area contributed by atoms with E-state index in [2.05, 4.69) is 15.5 Å². The molecular formula is C18H16N4O3S. The van der Waals surface area contributed by atoms with Crippen LogP contribution in [-0.2, 0) is 16.9 Å². The lowest BCUT2D eigenvalue weighted by Crippen LogP contribution is -2.43. The SMILES string of the molecule is CCC1(c2ccccc2)NC(=O)N(Cc2nc(-c3cccs3)no2)C1=O. The van der Waals surface area contributed by atoms with Crippen LogP contribution in [0.3, 0.4) is 0 Å². The Morgan fingerprint density at radius 2 is 2.00 bits per heavy atom. The maximum Gasteiger partial charge on any atom is 0.325 e. The second-order valence-electron chi connectivity index (χ2n) is 5.94. The van der Waals surface area contributed by atoms with Crippen molar-refractivity contribution in [1.82, 2.24) is 20.4 Å². The number of imide groups is 1. The first-order valence-electron chi connectivity index (χ1n) is 8.20. The fraction of sp³-hybridized carbons (Fsp3) is 0.222. The second kappa shape index (κ2) is 6.38. The molecule has 2 aromatic heterocycles. The Hall–Kier alpha value is -3.00. The van der Waals surface area contributed by atoms with Gasteiger partial charge in [0, 0.05) is 0 Å². The standard InChI is InChI=1S/C18H16N4O3S/c1-2-18(12-7-4-3-5-8-12)16(23)22(17(24)20-18)11-14-19-15(21-25-14)13-9-6-10-26-13/h3-10H,2,11H2,1H3,(H,20,24). The number of hydrogen-bond acceptors (Lipinski definition) is 6. The molecule has 7 nitrogen and oxygen atoms in total. The Morgan fingerprint density at radius 1 is 1.19 bits per heavy atom. The predicted octanol–water partition coefficient (Wildman–Crippen LogP) is 3.16. The lowest BCUT2D eigenvalue weighted by atomic mass is 9.87. The van der Waals surface area contributed by atoms with Gasteiger partial charge in [0.1, 0.15) is 12.1 Å². The third kappa shape index (κ3) is 2.59. The van der Waals surface area contributed by atoms with Crippen LogP contribution in [0, 0.1) is 0 Å². The minimum Gasteiger partial charge on any atom is -0.337 e. The molecule has 1 N–H and O–H groups in total. The van der Waals surface area contributed by atoms with Crippen molar-refractivity contribution in [2.45, 2.75) is 25.4 Å². The van der Waals surface area contributed by atoms with Crippen LogP contribution in [-0.4, -0.2) is 27.0 Å². The third-order valence-electron chi connectivity index (χ3n) is 4.48. The van der Waals surface area contributed by atoms with Gasteiger partial charge >= 0.3 is 6.03 Å². The Kier molecular flexibility index (Phi) is 4.04. The quantitative estimate of drug-likeness (QED) is 0.699. The maximum atomic E-state index is 13.1. The molecule has 1 unspecified atom stereocenters.